The lowest BCUT2D eigenvalue weighted by molar-refractivity contribution is -0.139. The van der Waals surface area contributed by atoms with Crippen LogP contribution in [0.25, 0.3) is 0 Å². The van der Waals surface area contributed by atoms with Crippen molar-refractivity contribution in [3.8, 4) is 0 Å². The number of amides is 2. The monoisotopic (exact) mass is 466 g/mol. The molecule has 0 aliphatic carbocycles. The van der Waals surface area contributed by atoms with Crippen LogP contribution in [0.4, 0.5) is 0 Å². The van der Waals surface area contributed by atoms with Gasteiger partial charge in [0.25, 0.3) is 0 Å². The maximum Gasteiger partial charge on any atom is 0.242 e. The minimum absolute atomic E-state index is 0.0724. The quantitative estimate of drug-likeness (QED) is 0.504. The SMILES string of the molecule is CCNC(=O)[C@H](CC)N(Cc1ccc(Cl)c(Cl)c1)C(=O)CSCc1cccc(C)c1. The van der Waals surface area contributed by atoms with E-state index < -0.39 is 6.04 Å². The molecule has 0 aliphatic heterocycles. The van der Waals surface area contributed by atoms with Gasteiger partial charge in [-0.25, -0.2) is 0 Å². The van der Waals surface area contributed by atoms with E-state index in [0.29, 0.717) is 35.3 Å². The largest absolute Gasteiger partial charge is 0.355 e. The molecule has 0 saturated heterocycles. The Labute approximate surface area is 193 Å². The lowest BCUT2D eigenvalue weighted by Crippen LogP contribution is -2.49. The van der Waals surface area contributed by atoms with Gasteiger partial charge in [-0.3, -0.25) is 9.59 Å². The summed E-state index contributed by atoms with van der Waals surface area (Å²) in [6.07, 6.45) is 0.529. The first-order valence-corrected chi connectivity index (χ1v) is 11.9. The molecule has 1 N–H and O–H groups in total. The molecule has 0 spiro atoms. The van der Waals surface area contributed by atoms with E-state index in [4.69, 9.17) is 23.2 Å². The van der Waals surface area contributed by atoms with Crippen molar-refractivity contribution in [3.63, 3.8) is 0 Å². The summed E-state index contributed by atoms with van der Waals surface area (Å²) in [6, 6.07) is 13.0. The Kier molecular flexibility index (Phi) is 10.0. The zero-order valence-corrected chi connectivity index (χ0v) is 19.9. The molecule has 2 aromatic carbocycles. The zero-order chi connectivity index (χ0) is 22.1. The molecule has 2 aromatic rings. The van der Waals surface area contributed by atoms with Crippen LogP contribution < -0.4 is 5.32 Å². The minimum Gasteiger partial charge on any atom is -0.355 e. The predicted octanol–water partition coefficient (Wildman–Crippen LogP) is 5.48. The highest BCUT2D eigenvalue weighted by Crippen LogP contribution is 2.24. The Hall–Kier alpha value is -1.69. The van der Waals surface area contributed by atoms with Crippen LogP contribution in [0.2, 0.25) is 10.0 Å². The van der Waals surface area contributed by atoms with Gasteiger partial charge in [-0.15, -0.1) is 11.8 Å². The molecule has 30 heavy (non-hydrogen) atoms. The van der Waals surface area contributed by atoms with Gasteiger partial charge in [-0.2, -0.15) is 0 Å². The van der Waals surface area contributed by atoms with Gasteiger partial charge in [0.2, 0.25) is 11.8 Å². The van der Waals surface area contributed by atoms with E-state index in [1.807, 2.05) is 26.0 Å². The fourth-order valence-corrected chi connectivity index (χ4v) is 4.37. The van der Waals surface area contributed by atoms with Crippen molar-refractivity contribution in [2.75, 3.05) is 12.3 Å². The lowest BCUT2D eigenvalue weighted by atomic mass is 10.1. The highest BCUT2D eigenvalue weighted by atomic mass is 35.5. The van der Waals surface area contributed by atoms with Crippen LogP contribution >= 0.6 is 35.0 Å². The number of carbonyl (C=O) groups is 2. The van der Waals surface area contributed by atoms with Crippen LogP contribution in [-0.4, -0.2) is 35.1 Å². The van der Waals surface area contributed by atoms with Crippen LogP contribution in [-0.2, 0) is 21.9 Å². The van der Waals surface area contributed by atoms with Crippen molar-refractivity contribution in [1.29, 1.82) is 0 Å². The molecule has 0 unspecified atom stereocenters. The van der Waals surface area contributed by atoms with E-state index in [2.05, 4.69) is 30.4 Å². The van der Waals surface area contributed by atoms with Crippen LogP contribution in [0.5, 0.6) is 0 Å². The minimum atomic E-state index is -0.536. The second-order valence-electron chi connectivity index (χ2n) is 7.07. The molecule has 0 aromatic heterocycles. The van der Waals surface area contributed by atoms with Crippen molar-refractivity contribution >= 4 is 46.8 Å². The summed E-state index contributed by atoms with van der Waals surface area (Å²) in [5, 5.41) is 3.73. The van der Waals surface area contributed by atoms with Gasteiger partial charge in [0.05, 0.1) is 15.8 Å². The van der Waals surface area contributed by atoms with Gasteiger partial charge >= 0.3 is 0 Å². The van der Waals surface area contributed by atoms with Crippen molar-refractivity contribution in [2.24, 2.45) is 0 Å². The number of rotatable bonds is 10. The van der Waals surface area contributed by atoms with E-state index in [1.54, 1.807) is 28.8 Å². The Morgan fingerprint density at radius 1 is 1.07 bits per heavy atom. The van der Waals surface area contributed by atoms with Gasteiger partial charge in [0, 0.05) is 18.8 Å². The number of thioether (sulfide) groups is 1. The molecule has 162 valence electrons. The molecule has 0 aliphatic rings. The number of hydrogen-bond acceptors (Lipinski definition) is 3. The van der Waals surface area contributed by atoms with Gasteiger partial charge in [0.1, 0.15) is 6.04 Å². The van der Waals surface area contributed by atoms with E-state index in [1.165, 1.54) is 11.1 Å². The first-order chi connectivity index (χ1) is 14.3. The predicted molar refractivity (Wildman–Crippen MR) is 127 cm³/mol. The number of likely N-dealkylation sites (N-methyl/N-ethyl adjacent to an activating group) is 1. The van der Waals surface area contributed by atoms with Crippen LogP contribution in [0.3, 0.4) is 0 Å². The second kappa shape index (κ2) is 12.2. The number of nitrogens with zero attached hydrogens (tertiary/aromatic N) is 1. The molecule has 1 atom stereocenters. The molecule has 0 heterocycles. The number of aryl methyl sites for hydroxylation is 1. The van der Waals surface area contributed by atoms with Gasteiger partial charge in [0.15, 0.2) is 0 Å². The summed E-state index contributed by atoms with van der Waals surface area (Å²) < 4.78 is 0. The normalized spacial score (nSPS) is 11.8. The molecule has 0 saturated carbocycles. The topological polar surface area (TPSA) is 49.4 Å². The molecule has 0 bridgehead atoms. The first kappa shape index (κ1) is 24.6. The summed E-state index contributed by atoms with van der Waals surface area (Å²) in [4.78, 5) is 27.4. The summed E-state index contributed by atoms with van der Waals surface area (Å²) in [6.45, 7) is 6.65. The molecule has 0 fully saturated rings. The summed E-state index contributed by atoms with van der Waals surface area (Å²) in [5.41, 5.74) is 3.21. The smallest absolute Gasteiger partial charge is 0.242 e. The van der Waals surface area contributed by atoms with Gasteiger partial charge in [-0.05, 0) is 43.5 Å². The molecule has 2 amide bonds. The van der Waals surface area contributed by atoms with E-state index in [-0.39, 0.29) is 11.8 Å². The highest BCUT2D eigenvalue weighted by Gasteiger charge is 2.28. The number of benzene rings is 2. The second-order valence-corrected chi connectivity index (χ2v) is 8.87. The maximum atomic E-state index is 13.1. The van der Waals surface area contributed by atoms with Gasteiger partial charge in [-0.1, -0.05) is 66.0 Å². The average Bonchev–Trinajstić information content (AvgIpc) is 2.70. The van der Waals surface area contributed by atoms with Crippen LogP contribution in [0, 0.1) is 6.92 Å². The third-order valence-electron chi connectivity index (χ3n) is 4.65. The average molecular weight is 467 g/mol. The third kappa shape index (κ3) is 7.22. The summed E-state index contributed by atoms with van der Waals surface area (Å²) in [7, 11) is 0. The van der Waals surface area contributed by atoms with Crippen molar-refractivity contribution in [3.05, 3.63) is 69.2 Å². The number of hydrogen-bond donors (Lipinski definition) is 1. The molecule has 0 radical (unpaired) electrons. The van der Waals surface area contributed by atoms with E-state index in [0.717, 1.165) is 11.3 Å². The van der Waals surface area contributed by atoms with Crippen molar-refractivity contribution < 1.29 is 9.59 Å². The third-order valence-corrected chi connectivity index (χ3v) is 6.38. The maximum absolute atomic E-state index is 13.1. The number of carbonyl (C=O) groups excluding carboxylic acids is 2. The Morgan fingerprint density at radius 2 is 1.83 bits per heavy atom. The Balaban J connectivity index is 2.14. The standard InChI is InChI=1S/C23H28Cl2N2O2S/c1-4-21(23(29)26-5-2)27(13-17-9-10-19(24)20(25)12-17)22(28)15-30-14-18-8-6-7-16(3)11-18/h6-12,21H,4-5,13-15H2,1-3H3,(H,26,29)/t21-/m0/s1. The summed E-state index contributed by atoms with van der Waals surface area (Å²) in [5.74, 6) is 0.825. The van der Waals surface area contributed by atoms with Gasteiger partial charge < -0.3 is 10.2 Å². The fourth-order valence-electron chi connectivity index (χ4n) is 3.19. The van der Waals surface area contributed by atoms with Crippen LogP contribution in [0.15, 0.2) is 42.5 Å². The molecule has 2 rings (SSSR count). The molecule has 7 heteroatoms. The highest BCUT2D eigenvalue weighted by molar-refractivity contribution is 7.99. The number of nitrogens with one attached hydrogen (secondary N) is 1. The molecule has 4 nitrogen and oxygen atoms in total. The van der Waals surface area contributed by atoms with Crippen LogP contribution in [0.1, 0.15) is 37.0 Å². The Bertz CT molecular complexity index is 876. The molecular formula is C23H28Cl2N2O2S. The van der Waals surface area contributed by atoms with Crippen molar-refractivity contribution in [1.82, 2.24) is 10.2 Å². The summed E-state index contributed by atoms with van der Waals surface area (Å²) >= 11 is 13.7. The first-order valence-electron chi connectivity index (χ1n) is 10.00. The van der Waals surface area contributed by atoms with E-state index >= 15 is 0 Å². The van der Waals surface area contributed by atoms with E-state index in [9.17, 15) is 9.59 Å². The Morgan fingerprint density at radius 3 is 2.47 bits per heavy atom. The fraction of sp³-hybridized carbons (Fsp3) is 0.391. The molecular weight excluding hydrogens is 439 g/mol. The lowest BCUT2D eigenvalue weighted by Gasteiger charge is -2.30. The van der Waals surface area contributed by atoms with Crippen molar-refractivity contribution in [2.45, 2.75) is 45.5 Å². The number of halogens is 2. The zero-order valence-electron chi connectivity index (χ0n) is 17.6.